The molecule has 0 amide bonds. The molecule has 0 unspecified atom stereocenters. The van der Waals surface area contributed by atoms with Crippen molar-refractivity contribution >= 4 is 34.2 Å². The van der Waals surface area contributed by atoms with E-state index in [1.165, 1.54) is 0 Å². The van der Waals surface area contributed by atoms with Crippen LogP contribution in [-0.2, 0) is 0 Å². The summed E-state index contributed by atoms with van der Waals surface area (Å²) in [6, 6.07) is 17.3. The van der Waals surface area contributed by atoms with Crippen molar-refractivity contribution in [2.45, 2.75) is 0 Å². The van der Waals surface area contributed by atoms with Crippen molar-refractivity contribution in [3.8, 4) is 5.69 Å². The van der Waals surface area contributed by atoms with E-state index in [-0.39, 0.29) is 18.0 Å². The molecule has 104 valence electrons. The molecule has 5 heteroatoms. The standard InChI is InChI=1S/C16H11N3O.ClH/c20-16-13-10-17-14-9-5-4-8-12(14)15(13)18-19(16)11-6-2-1-3-7-11;/h1-10,18H;1H. The first-order valence-corrected chi connectivity index (χ1v) is 6.38. The Labute approximate surface area is 126 Å². The number of nitrogens with zero attached hydrogens (tertiary/aromatic N) is 2. The third-order valence-corrected chi connectivity index (χ3v) is 3.45. The van der Waals surface area contributed by atoms with Gasteiger partial charge < -0.3 is 0 Å². The summed E-state index contributed by atoms with van der Waals surface area (Å²) in [7, 11) is 0. The van der Waals surface area contributed by atoms with E-state index < -0.39 is 0 Å². The molecule has 0 spiro atoms. The summed E-state index contributed by atoms with van der Waals surface area (Å²) < 4.78 is 1.55. The molecule has 21 heavy (non-hydrogen) atoms. The third-order valence-electron chi connectivity index (χ3n) is 3.45. The molecule has 0 radical (unpaired) electrons. The molecule has 0 fully saturated rings. The van der Waals surface area contributed by atoms with Crippen LogP contribution in [0.25, 0.3) is 27.5 Å². The van der Waals surface area contributed by atoms with Crippen LogP contribution >= 0.6 is 12.4 Å². The van der Waals surface area contributed by atoms with Crippen molar-refractivity contribution in [2.24, 2.45) is 0 Å². The number of benzene rings is 2. The van der Waals surface area contributed by atoms with Crippen molar-refractivity contribution in [3.63, 3.8) is 0 Å². The van der Waals surface area contributed by atoms with Crippen LogP contribution in [0.2, 0.25) is 0 Å². The number of H-pyrrole nitrogens is 1. The van der Waals surface area contributed by atoms with Crippen LogP contribution in [0.5, 0.6) is 0 Å². The number of hydrogen-bond acceptors (Lipinski definition) is 2. The number of aromatic amines is 1. The van der Waals surface area contributed by atoms with Gasteiger partial charge in [0, 0.05) is 11.6 Å². The van der Waals surface area contributed by atoms with Gasteiger partial charge in [-0.25, -0.2) is 4.68 Å². The lowest BCUT2D eigenvalue weighted by atomic mass is 10.2. The first-order valence-electron chi connectivity index (χ1n) is 6.38. The molecule has 0 aliphatic heterocycles. The highest BCUT2D eigenvalue weighted by Gasteiger charge is 2.11. The topological polar surface area (TPSA) is 50.7 Å². The molecule has 4 nitrogen and oxygen atoms in total. The summed E-state index contributed by atoms with van der Waals surface area (Å²) in [6.45, 7) is 0. The predicted molar refractivity (Wildman–Crippen MR) is 86.4 cm³/mol. The molecule has 0 saturated heterocycles. The molecule has 0 aliphatic rings. The van der Waals surface area contributed by atoms with Crippen LogP contribution < -0.4 is 5.56 Å². The van der Waals surface area contributed by atoms with E-state index in [1.807, 2.05) is 54.6 Å². The average molecular weight is 298 g/mol. The lowest BCUT2D eigenvalue weighted by molar-refractivity contribution is 0.864. The Hall–Kier alpha value is -2.59. The average Bonchev–Trinajstić information content (AvgIpc) is 2.86. The number of nitrogens with one attached hydrogen (secondary N) is 1. The fourth-order valence-electron chi connectivity index (χ4n) is 2.47. The molecule has 4 rings (SSSR count). The van der Waals surface area contributed by atoms with E-state index in [0.29, 0.717) is 5.39 Å². The molecule has 2 heterocycles. The number of pyridine rings is 1. The van der Waals surface area contributed by atoms with Gasteiger partial charge in [0.2, 0.25) is 0 Å². The van der Waals surface area contributed by atoms with Gasteiger partial charge in [-0.1, -0.05) is 36.4 Å². The smallest absolute Gasteiger partial charge is 0.280 e. The fraction of sp³-hybridized carbons (Fsp3) is 0. The Morgan fingerprint density at radius 1 is 0.905 bits per heavy atom. The van der Waals surface area contributed by atoms with Gasteiger partial charge in [0.05, 0.1) is 22.1 Å². The summed E-state index contributed by atoms with van der Waals surface area (Å²) in [5.41, 5.74) is 2.44. The van der Waals surface area contributed by atoms with Crippen LogP contribution in [-0.4, -0.2) is 14.8 Å². The summed E-state index contributed by atoms with van der Waals surface area (Å²) in [6.07, 6.45) is 1.63. The van der Waals surface area contributed by atoms with Gasteiger partial charge >= 0.3 is 0 Å². The van der Waals surface area contributed by atoms with Crippen molar-refractivity contribution in [1.29, 1.82) is 0 Å². The molecule has 0 aliphatic carbocycles. The van der Waals surface area contributed by atoms with Gasteiger partial charge in [-0.15, -0.1) is 12.4 Å². The molecule has 0 atom stereocenters. The van der Waals surface area contributed by atoms with E-state index in [4.69, 9.17) is 0 Å². The van der Waals surface area contributed by atoms with E-state index >= 15 is 0 Å². The first-order chi connectivity index (χ1) is 9.84. The molecular formula is C16H12ClN3O. The lowest BCUT2D eigenvalue weighted by Gasteiger charge is -1.99. The van der Waals surface area contributed by atoms with Crippen molar-refractivity contribution in [3.05, 3.63) is 71.1 Å². The van der Waals surface area contributed by atoms with Gasteiger partial charge in [-0.3, -0.25) is 14.9 Å². The van der Waals surface area contributed by atoms with E-state index in [9.17, 15) is 4.79 Å². The highest BCUT2D eigenvalue weighted by atomic mass is 35.5. The Morgan fingerprint density at radius 2 is 1.62 bits per heavy atom. The zero-order chi connectivity index (χ0) is 13.5. The van der Waals surface area contributed by atoms with Crippen molar-refractivity contribution < 1.29 is 0 Å². The Morgan fingerprint density at radius 3 is 2.43 bits per heavy atom. The van der Waals surface area contributed by atoms with Gasteiger partial charge in [0.25, 0.3) is 5.56 Å². The van der Waals surface area contributed by atoms with Gasteiger partial charge in [0.1, 0.15) is 0 Å². The third kappa shape index (κ3) is 2.00. The second-order valence-corrected chi connectivity index (χ2v) is 4.65. The van der Waals surface area contributed by atoms with Crippen LogP contribution in [0.15, 0.2) is 65.6 Å². The predicted octanol–water partition coefficient (Wildman–Crippen LogP) is 3.29. The van der Waals surface area contributed by atoms with Crippen LogP contribution in [0.3, 0.4) is 0 Å². The summed E-state index contributed by atoms with van der Waals surface area (Å²) in [4.78, 5) is 16.8. The lowest BCUT2D eigenvalue weighted by Crippen LogP contribution is -2.13. The van der Waals surface area contributed by atoms with Crippen LogP contribution in [0.1, 0.15) is 0 Å². The number of halogens is 1. The summed E-state index contributed by atoms with van der Waals surface area (Å²) in [5, 5.41) is 4.75. The van der Waals surface area contributed by atoms with E-state index in [2.05, 4.69) is 10.1 Å². The van der Waals surface area contributed by atoms with E-state index in [1.54, 1.807) is 10.9 Å². The summed E-state index contributed by atoms with van der Waals surface area (Å²) >= 11 is 0. The Bertz CT molecular complexity index is 973. The van der Waals surface area contributed by atoms with Gasteiger partial charge in [-0.2, -0.15) is 0 Å². The maximum atomic E-state index is 12.5. The highest BCUT2D eigenvalue weighted by Crippen LogP contribution is 2.20. The number of para-hydroxylation sites is 2. The fourth-order valence-corrected chi connectivity index (χ4v) is 2.47. The zero-order valence-electron chi connectivity index (χ0n) is 11.0. The van der Waals surface area contributed by atoms with Crippen molar-refractivity contribution in [1.82, 2.24) is 14.8 Å². The largest absolute Gasteiger partial charge is 0.290 e. The number of hydrogen-bond donors (Lipinski definition) is 1. The number of fused-ring (bicyclic) bond motifs is 3. The molecule has 0 bridgehead atoms. The highest BCUT2D eigenvalue weighted by molar-refractivity contribution is 6.02. The monoisotopic (exact) mass is 297 g/mol. The Kier molecular flexibility index (Phi) is 3.23. The SMILES string of the molecule is Cl.O=c1c2cnc3ccccc3c2[nH]n1-c1ccccc1. The first kappa shape index (κ1) is 13.4. The maximum absolute atomic E-state index is 12.5. The molecule has 2 aromatic carbocycles. The summed E-state index contributed by atoms with van der Waals surface area (Å²) in [5.74, 6) is 0. The quantitative estimate of drug-likeness (QED) is 0.586. The minimum absolute atomic E-state index is 0. The van der Waals surface area contributed by atoms with Crippen molar-refractivity contribution in [2.75, 3.05) is 0 Å². The van der Waals surface area contributed by atoms with E-state index in [0.717, 1.165) is 22.1 Å². The molecule has 4 aromatic rings. The van der Waals surface area contributed by atoms with Gasteiger partial charge in [-0.05, 0) is 18.2 Å². The second-order valence-electron chi connectivity index (χ2n) is 4.65. The molecule has 0 saturated carbocycles. The molecule has 1 N–H and O–H groups in total. The zero-order valence-corrected chi connectivity index (χ0v) is 11.8. The minimum Gasteiger partial charge on any atom is -0.290 e. The normalized spacial score (nSPS) is 10.7. The van der Waals surface area contributed by atoms with Crippen LogP contribution in [0, 0.1) is 0 Å². The Balaban J connectivity index is 0.00000132. The minimum atomic E-state index is -0.0792. The number of aromatic nitrogens is 3. The maximum Gasteiger partial charge on any atom is 0.280 e. The molecule has 2 aromatic heterocycles. The number of rotatable bonds is 1. The molecular weight excluding hydrogens is 286 g/mol. The second kappa shape index (κ2) is 5.07. The van der Waals surface area contributed by atoms with Crippen LogP contribution in [0.4, 0.5) is 0 Å². The van der Waals surface area contributed by atoms with Gasteiger partial charge in [0.15, 0.2) is 0 Å².